The Hall–Kier alpha value is -2.42. The summed E-state index contributed by atoms with van der Waals surface area (Å²) in [5.41, 5.74) is 16.1. The first-order valence-electron chi connectivity index (χ1n) is 7.90. The predicted molar refractivity (Wildman–Crippen MR) is 96.0 cm³/mol. The monoisotopic (exact) mass is 302 g/mol. The van der Waals surface area contributed by atoms with Crippen molar-refractivity contribution in [2.45, 2.75) is 18.0 Å². The van der Waals surface area contributed by atoms with Crippen LogP contribution in [0.2, 0.25) is 0 Å². The van der Waals surface area contributed by atoms with E-state index >= 15 is 0 Å². The molecule has 0 saturated heterocycles. The van der Waals surface area contributed by atoms with Crippen molar-refractivity contribution in [1.82, 2.24) is 0 Å². The smallest absolute Gasteiger partial charge is 0.0822 e. The number of benzene rings is 3. The first kappa shape index (κ1) is 15.5. The number of hydrogen-bond acceptors (Lipinski definition) is 2. The van der Waals surface area contributed by atoms with E-state index in [-0.39, 0.29) is 6.04 Å². The third-order valence-electron chi connectivity index (χ3n) is 4.39. The van der Waals surface area contributed by atoms with Crippen LogP contribution < -0.4 is 11.5 Å². The van der Waals surface area contributed by atoms with Gasteiger partial charge in [-0.2, -0.15) is 0 Å². The molecule has 2 heteroatoms. The minimum Gasteiger partial charge on any atom is -0.325 e. The molecule has 116 valence electrons. The van der Waals surface area contributed by atoms with Gasteiger partial charge in [-0.05, 0) is 23.1 Å². The normalized spacial score (nSPS) is 12.8. The van der Waals surface area contributed by atoms with Gasteiger partial charge < -0.3 is 11.5 Å². The molecule has 3 aromatic rings. The minimum absolute atomic E-state index is 0.227. The number of rotatable bonds is 5. The van der Waals surface area contributed by atoms with Crippen molar-refractivity contribution in [1.29, 1.82) is 0 Å². The Morgan fingerprint density at radius 2 is 1.04 bits per heavy atom. The lowest BCUT2D eigenvalue weighted by molar-refractivity contribution is 0.417. The average molecular weight is 302 g/mol. The van der Waals surface area contributed by atoms with Crippen LogP contribution in [0.3, 0.4) is 0 Å². The first-order valence-corrected chi connectivity index (χ1v) is 7.90. The molecule has 0 aliphatic heterocycles. The summed E-state index contributed by atoms with van der Waals surface area (Å²) in [6.45, 7) is 0. The summed E-state index contributed by atoms with van der Waals surface area (Å²) in [4.78, 5) is 0. The molecule has 4 N–H and O–H groups in total. The SMILES string of the molecule is N[C@@H](Cc1ccccc1)C(N)(c1ccccc1)c1ccccc1. The molecule has 0 aliphatic rings. The molecule has 1 atom stereocenters. The molecule has 0 fully saturated rings. The average Bonchev–Trinajstić information content (AvgIpc) is 2.63. The molecule has 0 bridgehead atoms. The molecule has 0 saturated carbocycles. The zero-order valence-electron chi connectivity index (χ0n) is 13.1. The largest absolute Gasteiger partial charge is 0.325 e. The quantitative estimate of drug-likeness (QED) is 0.758. The Kier molecular flexibility index (Phi) is 4.56. The van der Waals surface area contributed by atoms with Gasteiger partial charge in [-0.3, -0.25) is 0 Å². The van der Waals surface area contributed by atoms with Crippen LogP contribution in [0.5, 0.6) is 0 Å². The maximum Gasteiger partial charge on any atom is 0.0822 e. The van der Waals surface area contributed by atoms with Gasteiger partial charge in [-0.15, -0.1) is 0 Å². The highest BCUT2D eigenvalue weighted by molar-refractivity contribution is 5.40. The van der Waals surface area contributed by atoms with Crippen LogP contribution in [0.25, 0.3) is 0 Å². The summed E-state index contributed by atoms with van der Waals surface area (Å²) in [6.07, 6.45) is 0.723. The van der Waals surface area contributed by atoms with Crippen LogP contribution >= 0.6 is 0 Å². The highest BCUT2D eigenvalue weighted by atomic mass is 14.9. The summed E-state index contributed by atoms with van der Waals surface area (Å²) in [6, 6.07) is 30.3. The van der Waals surface area contributed by atoms with Crippen molar-refractivity contribution in [3.63, 3.8) is 0 Å². The van der Waals surface area contributed by atoms with Crippen molar-refractivity contribution < 1.29 is 0 Å². The second-order valence-corrected chi connectivity index (χ2v) is 5.90. The van der Waals surface area contributed by atoms with Gasteiger partial charge in [0.2, 0.25) is 0 Å². The number of nitrogens with two attached hydrogens (primary N) is 2. The van der Waals surface area contributed by atoms with Gasteiger partial charge in [0.05, 0.1) is 5.54 Å². The maximum atomic E-state index is 6.91. The lowest BCUT2D eigenvalue weighted by Crippen LogP contribution is -2.54. The second kappa shape index (κ2) is 6.78. The fraction of sp³-hybridized carbons (Fsp3) is 0.143. The fourth-order valence-electron chi connectivity index (χ4n) is 3.05. The van der Waals surface area contributed by atoms with E-state index in [4.69, 9.17) is 11.5 Å². The summed E-state index contributed by atoms with van der Waals surface area (Å²) >= 11 is 0. The molecule has 0 heterocycles. The van der Waals surface area contributed by atoms with Crippen molar-refractivity contribution in [3.8, 4) is 0 Å². The van der Waals surface area contributed by atoms with E-state index < -0.39 is 5.54 Å². The van der Waals surface area contributed by atoms with Gasteiger partial charge in [0.25, 0.3) is 0 Å². The molecule has 0 amide bonds. The Bertz CT molecular complexity index is 684. The van der Waals surface area contributed by atoms with Crippen LogP contribution in [0, 0.1) is 0 Å². The molecule has 0 spiro atoms. The predicted octanol–water partition coefficient (Wildman–Crippen LogP) is 3.46. The molecular weight excluding hydrogens is 280 g/mol. The van der Waals surface area contributed by atoms with Gasteiger partial charge in [-0.25, -0.2) is 0 Å². The summed E-state index contributed by atoms with van der Waals surface area (Å²) in [7, 11) is 0. The summed E-state index contributed by atoms with van der Waals surface area (Å²) in [5.74, 6) is 0. The van der Waals surface area contributed by atoms with Gasteiger partial charge in [0, 0.05) is 6.04 Å². The first-order chi connectivity index (χ1) is 11.2. The molecule has 3 rings (SSSR count). The molecule has 3 aromatic carbocycles. The van der Waals surface area contributed by atoms with Crippen LogP contribution in [0.15, 0.2) is 91.0 Å². The van der Waals surface area contributed by atoms with Gasteiger partial charge >= 0.3 is 0 Å². The second-order valence-electron chi connectivity index (χ2n) is 5.90. The Balaban J connectivity index is 2.02. The standard InChI is InChI=1S/C21H22N2/c22-20(16-17-10-4-1-5-11-17)21(23,18-12-6-2-7-13-18)19-14-8-3-9-15-19/h1-15,20H,16,22-23H2/t20-/m0/s1. The van der Waals surface area contributed by atoms with E-state index in [9.17, 15) is 0 Å². The Morgan fingerprint density at radius 3 is 1.48 bits per heavy atom. The summed E-state index contributed by atoms with van der Waals surface area (Å²) in [5, 5.41) is 0. The highest BCUT2D eigenvalue weighted by Crippen LogP contribution is 2.31. The lowest BCUT2D eigenvalue weighted by atomic mass is 9.76. The lowest BCUT2D eigenvalue weighted by Gasteiger charge is -2.36. The Labute approximate surface area is 137 Å². The van der Waals surface area contributed by atoms with E-state index in [1.165, 1.54) is 5.56 Å². The zero-order chi connectivity index (χ0) is 16.1. The van der Waals surface area contributed by atoms with E-state index in [1.54, 1.807) is 0 Å². The highest BCUT2D eigenvalue weighted by Gasteiger charge is 2.36. The fourth-order valence-corrected chi connectivity index (χ4v) is 3.05. The van der Waals surface area contributed by atoms with Crippen molar-refractivity contribution in [3.05, 3.63) is 108 Å². The third kappa shape index (κ3) is 3.19. The molecular formula is C21H22N2. The maximum absolute atomic E-state index is 6.91. The molecule has 2 nitrogen and oxygen atoms in total. The van der Waals surface area contributed by atoms with Gasteiger partial charge in [0.15, 0.2) is 0 Å². The van der Waals surface area contributed by atoms with E-state index in [0.29, 0.717) is 0 Å². The molecule has 23 heavy (non-hydrogen) atoms. The minimum atomic E-state index is -0.724. The molecule has 0 aliphatic carbocycles. The topological polar surface area (TPSA) is 52.0 Å². The van der Waals surface area contributed by atoms with Gasteiger partial charge in [0.1, 0.15) is 0 Å². The zero-order valence-corrected chi connectivity index (χ0v) is 13.1. The van der Waals surface area contributed by atoms with E-state index in [2.05, 4.69) is 36.4 Å². The van der Waals surface area contributed by atoms with Crippen molar-refractivity contribution in [2.24, 2.45) is 11.5 Å². The van der Waals surface area contributed by atoms with Crippen LogP contribution in [-0.4, -0.2) is 6.04 Å². The number of hydrogen-bond donors (Lipinski definition) is 2. The van der Waals surface area contributed by atoms with Crippen molar-refractivity contribution >= 4 is 0 Å². The van der Waals surface area contributed by atoms with Crippen LogP contribution in [0.1, 0.15) is 16.7 Å². The molecule has 0 aromatic heterocycles. The van der Waals surface area contributed by atoms with Crippen molar-refractivity contribution in [2.75, 3.05) is 0 Å². The third-order valence-corrected chi connectivity index (χ3v) is 4.39. The summed E-state index contributed by atoms with van der Waals surface area (Å²) < 4.78 is 0. The van der Waals surface area contributed by atoms with Crippen LogP contribution in [0.4, 0.5) is 0 Å². The molecule has 0 radical (unpaired) electrons. The van der Waals surface area contributed by atoms with Gasteiger partial charge in [-0.1, -0.05) is 91.0 Å². The van der Waals surface area contributed by atoms with E-state index in [1.807, 2.05) is 54.6 Å². The van der Waals surface area contributed by atoms with Crippen LogP contribution in [-0.2, 0) is 12.0 Å². The Morgan fingerprint density at radius 1 is 0.652 bits per heavy atom. The van der Waals surface area contributed by atoms with E-state index in [0.717, 1.165) is 17.5 Å². The molecule has 0 unspecified atom stereocenters.